The molecule has 0 saturated heterocycles. The average molecular weight is 322 g/mol. The predicted molar refractivity (Wildman–Crippen MR) is 94.4 cm³/mol. The SMILES string of the molecule is CCCCC/C=C/C1C(C)CC(=O)C1CCCCCCC(=O)O. The lowest BCUT2D eigenvalue weighted by Gasteiger charge is -2.18. The van der Waals surface area contributed by atoms with Crippen molar-refractivity contribution >= 4 is 11.8 Å². The fourth-order valence-electron chi connectivity index (χ4n) is 3.65. The van der Waals surface area contributed by atoms with E-state index in [1.54, 1.807) is 0 Å². The second kappa shape index (κ2) is 11.4. The second-order valence-corrected chi connectivity index (χ2v) is 7.10. The van der Waals surface area contributed by atoms with E-state index in [2.05, 4.69) is 26.0 Å². The maximum Gasteiger partial charge on any atom is 0.303 e. The van der Waals surface area contributed by atoms with Crippen LogP contribution in [0.15, 0.2) is 12.2 Å². The summed E-state index contributed by atoms with van der Waals surface area (Å²) in [6, 6.07) is 0. The first-order valence-corrected chi connectivity index (χ1v) is 9.47. The highest BCUT2D eigenvalue weighted by Gasteiger charge is 2.37. The van der Waals surface area contributed by atoms with Gasteiger partial charge in [0.2, 0.25) is 0 Å². The Morgan fingerprint density at radius 1 is 1.17 bits per heavy atom. The van der Waals surface area contributed by atoms with E-state index in [9.17, 15) is 9.59 Å². The van der Waals surface area contributed by atoms with E-state index >= 15 is 0 Å². The van der Waals surface area contributed by atoms with Gasteiger partial charge in [-0.1, -0.05) is 58.1 Å². The van der Waals surface area contributed by atoms with Gasteiger partial charge in [-0.05, 0) is 37.5 Å². The van der Waals surface area contributed by atoms with Crippen LogP contribution in [0.3, 0.4) is 0 Å². The number of carboxylic acid groups (broad SMARTS) is 1. The summed E-state index contributed by atoms with van der Waals surface area (Å²) in [6.07, 6.45) is 15.3. The molecule has 0 aromatic carbocycles. The quantitative estimate of drug-likeness (QED) is 0.387. The molecule has 23 heavy (non-hydrogen) atoms. The number of carboxylic acids is 1. The zero-order chi connectivity index (χ0) is 17.1. The number of Topliss-reactive ketones (excluding diaryl/α,β-unsaturated/α-hetero) is 1. The first kappa shape index (κ1) is 19.9. The Labute approximate surface area is 141 Å². The Morgan fingerprint density at radius 3 is 2.61 bits per heavy atom. The van der Waals surface area contributed by atoms with Crippen LogP contribution in [-0.2, 0) is 9.59 Å². The van der Waals surface area contributed by atoms with Crippen molar-refractivity contribution in [3.8, 4) is 0 Å². The number of hydrogen-bond acceptors (Lipinski definition) is 2. The number of aliphatic carboxylic acids is 1. The van der Waals surface area contributed by atoms with Crippen LogP contribution < -0.4 is 0 Å². The van der Waals surface area contributed by atoms with Gasteiger partial charge in [-0.2, -0.15) is 0 Å². The molecule has 3 atom stereocenters. The van der Waals surface area contributed by atoms with Crippen molar-refractivity contribution < 1.29 is 14.7 Å². The summed E-state index contributed by atoms with van der Waals surface area (Å²) >= 11 is 0. The molecule has 3 nitrogen and oxygen atoms in total. The molecule has 1 rings (SSSR count). The van der Waals surface area contributed by atoms with Gasteiger partial charge in [0.25, 0.3) is 0 Å². The molecule has 1 N–H and O–H groups in total. The van der Waals surface area contributed by atoms with Gasteiger partial charge in [-0.15, -0.1) is 0 Å². The minimum absolute atomic E-state index is 0.201. The lowest BCUT2D eigenvalue weighted by Crippen LogP contribution is -2.15. The molecule has 0 aromatic heterocycles. The van der Waals surface area contributed by atoms with Crippen molar-refractivity contribution in [2.24, 2.45) is 17.8 Å². The Balaban J connectivity index is 2.32. The van der Waals surface area contributed by atoms with Crippen LogP contribution in [0.1, 0.15) is 84.5 Å². The summed E-state index contributed by atoms with van der Waals surface area (Å²) in [6.45, 7) is 4.42. The van der Waals surface area contributed by atoms with Crippen molar-refractivity contribution in [1.82, 2.24) is 0 Å². The molecule has 1 saturated carbocycles. The van der Waals surface area contributed by atoms with Gasteiger partial charge in [0.05, 0.1) is 0 Å². The molecule has 132 valence electrons. The van der Waals surface area contributed by atoms with Gasteiger partial charge in [0, 0.05) is 18.8 Å². The van der Waals surface area contributed by atoms with Gasteiger partial charge in [-0.3, -0.25) is 9.59 Å². The second-order valence-electron chi connectivity index (χ2n) is 7.10. The van der Waals surface area contributed by atoms with Crippen LogP contribution in [0.4, 0.5) is 0 Å². The maximum absolute atomic E-state index is 12.2. The number of rotatable bonds is 12. The number of hydrogen-bond donors (Lipinski definition) is 1. The zero-order valence-corrected chi connectivity index (χ0v) is 14.9. The highest BCUT2D eigenvalue weighted by molar-refractivity contribution is 5.84. The van der Waals surface area contributed by atoms with Gasteiger partial charge in [0.15, 0.2) is 0 Å². The molecule has 0 bridgehead atoms. The maximum atomic E-state index is 12.2. The summed E-state index contributed by atoms with van der Waals surface area (Å²) in [7, 11) is 0. The predicted octanol–water partition coefficient (Wildman–Crippen LogP) is 5.39. The molecule has 0 heterocycles. The van der Waals surface area contributed by atoms with Gasteiger partial charge in [0.1, 0.15) is 5.78 Å². The topological polar surface area (TPSA) is 54.4 Å². The van der Waals surface area contributed by atoms with Crippen LogP contribution in [0.5, 0.6) is 0 Å². The fraction of sp³-hybridized carbons (Fsp3) is 0.800. The van der Waals surface area contributed by atoms with E-state index in [1.807, 2.05) is 0 Å². The molecular formula is C20H34O3. The van der Waals surface area contributed by atoms with Crippen molar-refractivity contribution in [2.45, 2.75) is 84.5 Å². The molecule has 3 unspecified atom stereocenters. The Bertz CT molecular complexity index is 386. The van der Waals surface area contributed by atoms with Crippen LogP contribution >= 0.6 is 0 Å². The molecule has 3 heteroatoms. The summed E-state index contributed by atoms with van der Waals surface area (Å²) < 4.78 is 0. The summed E-state index contributed by atoms with van der Waals surface area (Å²) in [5.41, 5.74) is 0. The summed E-state index contributed by atoms with van der Waals surface area (Å²) in [4.78, 5) is 22.7. The third kappa shape index (κ3) is 7.81. The Kier molecular flexibility index (Phi) is 9.89. The van der Waals surface area contributed by atoms with Crippen molar-refractivity contribution in [1.29, 1.82) is 0 Å². The largest absolute Gasteiger partial charge is 0.481 e. The molecule has 1 fully saturated rings. The molecule has 1 aliphatic carbocycles. The van der Waals surface area contributed by atoms with Gasteiger partial charge < -0.3 is 5.11 Å². The summed E-state index contributed by atoms with van der Waals surface area (Å²) in [5, 5.41) is 8.63. The fourth-order valence-corrected chi connectivity index (χ4v) is 3.65. The van der Waals surface area contributed by atoms with Gasteiger partial charge in [-0.25, -0.2) is 0 Å². The number of carbonyl (C=O) groups excluding carboxylic acids is 1. The molecule has 0 spiro atoms. The third-order valence-corrected chi connectivity index (χ3v) is 5.05. The monoisotopic (exact) mass is 322 g/mol. The van der Waals surface area contributed by atoms with E-state index < -0.39 is 5.97 Å². The first-order chi connectivity index (χ1) is 11.1. The molecule has 0 radical (unpaired) electrons. The zero-order valence-electron chi connectivity index (χ0n) is 14.9. The highest BCUT2D eigenvalue weighted by Crippen LogP contribution is 2.38. The summed E-state index contributed by atoms with van der Waals surface area (Å²) in [5.74, 6) is 0.821. The Hall–Kier alpha value is -1.12. The molecule has 0 amide bonds. The smallest absolute Gasteiger partial charge is 0.303 e. The normalized spacial score (nSPS) is 24.6. The van der Waals surface area contributed by atoms with E-state index in [0.29, 0.717) is 17.6 Å². The van der Waals surface area contributed by atoms with Crippen molar-refractivity contribution in [3.63, 3.8) is 0 Å². The molecular weight excluding hydrogens is 288 g/mol. The van der Waals surface area contributed by atoms with Crippen LogP contribution in [0.25, 0.3) is 0 Å². The highest BCUT2D eigenvalue weighted by atomic mass is 16.4. The van der Waals surface area contributed by atoms with Gasteiger partial charge >= 0.3 is 5.97 Å². The van der Waals surface area contributed by atoms with Crippen LogP contribution in [0, 0.1) is 17.8 Å². The third-order valence-electron chi connectivity index (χ3n) is 5.05. The Morgan fingerprint density at radius 2 is 1.91 bits per heavy atom. The number of ketones is 1. The van der Waals surface area contributed by atoms with E-state index in [-0.39, 0.29) is 12.3 Å². The first-order valence-electron chi connectivity index (χ1n) is 9.47. The van der Waals surface area contributed by atoms with E-state index in [4.69, 9.17) is 5.11 Å². The van der Waals surface area contributed by atoms with E-state index in [0.717, 1.165) is 44.9 Å². The minimum Gasteiger partial charge on any atom is -0.481 e. The molecule has 1 aliphatic rings. The van der Waals surface area contributed by atoms with Crippen LogP contribution in [0.2, 0.25) is 0 Å². The standard InChI is InChI=1S/C20H34O3/c1-3-4-5-6-9-12-17-16(2)15-19(21)18(17)13-10-7-8-11-14-20(22)23/h9,12,16-18H,3-8,10-11,13-15H2,1-2H3,(H,22,23)/b12-9+. The number of unbranched alkanes of at least 4 members (excludes halogenated alkanes) is 6. The van der Waals surface area contributed by atoms with Crippen molar-refractivity contribution in [2.75, 3.05) is 0 Å². The lowest BCUT2D eigenvalue weighted by molar-refractivity contribution is -0.137. The number of allylic oxidation sites excluding steroid dienone is 2. The van der Waals surface area contributed by atoms with Crippen LogP contribution in [-0.4, -0.2) is 16.9 Å². The minimum atomic E-state index is -0.710. The van der Waals surface area contributed by atoms with E-state index in [1.165, 1.54) is 19.3 Å². The van der Waals surface area contributed by atoms with Crippen molar-refractivity contribution in [3.05, 3.63) is 12.2 Å². The molecule has 0 aliphatic heterocycles. The molecule has 0 aromatic rings. The lowest BCUT2D eigenvalue weighted by atomic mass is 9.86. The average Bonchev–Trinajstić information content (AvgIpc) is 2.76. The number of carbonyl (C=O) groups is 2.